The first-order chi connectivity index (χ1) is 7.69. The summed E-state index contributed by atoms with van der Waals surface area (Å²) in [6, 6.07) is 1.99. The number of hydrogen-bond donors (Lipinski definition) is 2. The fourth-order valence-electron chi connectivity index (χ4n) is 1.37. The van der Waals surface area contributed by atoms with E-state index in [1.165, 1.54) is 6.20 Å². The smallest absolute Gasteiger partial charge is 0.339 e. The van der Waals surface area contributed by atoms with Crippen LogP contribution in [0.15, 0.2) is 18.5 Å². The average Bonchev–Trinajstić information content (AvgIpc) is 2.29. The molecule has 5 heteroatoms. The molecule has 1 unspecified atom stereocenters. The van der Waals surface area contributed by atoms with Gasteiger partial charge in [-0.1, -0.05) is 6.92 Å². The first kappa shape index (κ1) is 12.8. The molecule has 0 aliphatic carbocycles. The Morgan fingerprint density at radius 2 is 2.44 bits per heavy atom. The van der Waals surface area contributed by atoms with Crippen LogP contribution in [-0.2, 0) is 0 Å². The van der Waals surface area contributed by atoms with Gasteiger partial charge < -0.3 is 10.4 Å². The number of aromatic nitrogens is 1. The molecule has 0 aromatic carbocycles. The number of pyridine rings is 1. The van der Waals surface area contributed by atoms with Crippen molar-refractivity contribution in [3.63, 3.8) is 0 Å². The lowest BCUT2D eigenvalue weighted by Gasteiger charge is -2.18. The molecule has 1 heterocycles. The maximum atomic E-state index is 11.0. The van der Waals surface area contributed by atoms with Gasteiger partial charge >= 0.3 is 5.97 Å². The molecular formula is C11H16N2O2S. The van der Waals surface area contributed by atoms with E-state index in [2.05, 4.69) is 17.2 Å². The number of anilines is 1. The number of nitrogens with zero attached hydrogens (tertiary/aromatic N) is 1. The van der Waals surface area contributed by atoms with Crippen molar-refractivity contribution in [3.05, 3.63) is 24.0 Å². The van der Waals surface area contributed by atoms with Crippen molar-refractivity contribution in [1.82, 2.24) is 4.98 Å². The van der Waals surface area contributed by atoms with E-state index < -0.39 is 5.97 Å². The molecule has 0 spiro atoms. The molecule has 0 amide bonds. The number of carboxylic acids is 1. The number of nitrogens with one attached hydrogen (secondary N) is 1. The van der Waals surface area contributed by atoms with Gasteiger partial charge in [-0.15, -0.1) is 0 Å². The number of thioether (sulfide) groups is 1. The Kier molecular flexibility index (Phi) is 5.11. The molecule has 1 aromatic rings. The fourth-order valence-corrected chi connectivity index (χ4v) is 2.09. The predicted molar refractivity (Wildman–Crippen MR) is 67.3 cm³/mol. The summed E-state index contributed by atoms with van der Waals surface area (Å²) < 4.78 is 0. The standard InChI is InChI=1S/C11H16N2O2S/c1-3-8(7-16-2)13-10-4-5-12-6-9(10)11(14)15/h4-6,8H,3,7H2,1-2H3,(H,12,13)(H,14,15). The molecule has 1 rings (SSSR count). The fraction of sp³-hybridized carbons (Fsp3) is 0.455. The van der Waals surface area contributed by atoms with E-state index in [1.54, 1.807) is 24.0 Å². The normalized spacial score (nSPS) is 12.1. The molecule has 4 nitrogen and oxygen atoms in total. The van der Waals surface area contributed by atoms with Crippen molar-refractivity contribution in [2.24, 2.45) is 0 Å². The molecule has 0 saturated carbocycles. The molecule has 1 atom stereocenters. The van der Waals surface area contributed by atoms with Crippen LogP contribution in [-0.4, -0.2) is 34.1 Å². The molecule has 88 valence electrons. The summed E-state index contributed by atoms with van der Waals surface area (Å²) in [7, 11) is 0. The molecule has 16 heavy (non-hydrogen) atoms. The molecular weight excluding hydrogens is 224 g/mol. The minimum atomic E-state index is -0.949. The second-order valence-electron chi connectivity index (χ2n) is 3.43. The lowest BCUT2D eigenvalue weighted by Crippen LogP contribution is -2.22. The molecule has 0 fully saturated rings. The Labute approximate surface area is 99.5 Å². The van der Waals surface area contributed by atoms with Crippen molar-refractivity contribution in [2.45, 2.75) is 19.4 Å². The Hall–Kier alpha value is -1.23. The average molecular weight is 240 g/mol. The van der Waals surface area contributed by atoms with Gasteiger partial charge in [-0.3, -0.25) is 4.98 Å². The van der Waals surface area contributed by atoms with Crippen LogP contribution in [0.5, 0.6) is 0 Å². The van der Waals surface area contributed by atoms with E-state index >= 15 is 0 Å². The van der Waals surface area contributed by atoms with Crippen LogP contribution in [0.3, 0.4) is 0 Å². The SMILES string of the molecule is CCC(CSC)Nc1ccncc1C(=O)O. The molecule has 2 N–H and O–H groups in total. The summed E-state index contributed by atoms with van der Waals surface area (Å²) in [5.41, 5.74) is 0.866. The Morgan fingerprint density at radius 3 is 3.00 bits per heavy atom. The van der Waals surface area contributed by atoms with E-state index in [4.69, 9.17) is 5.11 Å². The molecule has 0 bridgehead atoms. The van der Waals surface area contributed by atoms with Crippen LogP contribution in [0.2, 0.25) is 0 Å². The van der Waals surface area contributed by atoms with Gasteiger partial charge in [0.2, 0.25) is 0 Å². The summed E-state index contributed by atoms with van der Waals surface area (Å²) >= 11 is 1.74. The van der Waals surface area contributed by atoms with Crippen LogP contribution in [0, 0.1) is 0 Å². The third-order valence-corrected chi connectivity index (χ3v) is 3.01. The van der Waals surface area contributed by atoms with Crippen LogP contribution < -0.4 is 5.32 Å². The van der Waals surface area contributed by atoms with Crippen LogP contribution in [0.25, 0.3) is 0 Å². The van der Waals surface area contributed by atoms with Crippen LogP contribution in [0.4, 0.5) is 5.69 Å². The Morgan fingerprint density at radius 1 is 1.69 bits per heavy atom. The van der Waals surface area contributed by atoms with Gasteiger partial charge in [0.1, 0.15) is 5.56 Å². The van der Waals surface area contributed by atoms with E-state index in [0.29, 0.717) is 5.69 Å². The lowest BCUT2D eigenvalue weighted by molar-refractivity contribution is 0.0697. The number of rotatable bonds is 6. The highest BCUT2D eigenvalue weighted by Gasteiger charge is 2.12. The molecule has 0 saturated heterocycles. The van der Waals surface area contributed by atoms with Gasteiger partial charge in [0.05, 0.1) is 5.69 Å². The van der Waals surface area contributed by atoms with Crippen molar-refractivity contribution >= 4 is 23.4 Å². The van der Waals surface area contributed by atoms with E-state index in [-0.39, 0.29) is 11.6 Å². The second kappa shape index (κ2) is 6.37. The Bertz CT molecular complexity index is 358. The highest BCUT2D eigenvalue weighted by molar-refractivity contribution is 7.98. The number of hydrogen-bond acceptors (Lipinski definition) is 4. The quantitative estimate of drug-likeness (QED) is 0.799. The molecule has 0 aliphatic rings. The summed E-state index contributed by atoms with van der Waals surface area (Å²) in [4.78, 5) is 14.8. The third-order valence-electron chi connectivity index (χ3n) is 2.27. The highest BCUT2D eigenvalue weighted by atomic mass is 32.2. The zero-order valence-electron chi connectivity index (χ0n) is 9.43. The van der Waals surface area contributed by atoms with Gasteiger partial charge in [-0.2, -0.15) is 11.8 Å². The summed E-state index contributed by atoms with van der Waals surface area (Å²) in [5, 5.41) is 12.2. The topological polar surface area (TPSA) is 62.2 Å². The van der Waals surface area contributed by atoms with Gasteiger partial charge in [0.15, 0.2) is 0 Å². The van der Waals surface area contributed by atoms with Crippen molar-refractivity contribution in [1.29, 1.82) is 0 Å². The summed E-state index contributed by atoms with van der Waals surface area (Å²) in [6.07, 6.45) is 5.97. The first-order valence-corrected chi connectivity index (χ1v) is 6.51. The number of carboxylic acid groups (broad SMARTS) is 1. The monoisotopic (exact) mass is 240 g/mol. The predicted octanol–water partition coefficient (Wildman–Crippen LogP) is 2.33. The minimum absolute atomic E-state index is 0.224. The van der Waals surface area contributed by atoms with Crippen molar-refractivity contribution < 1.29 is 9.90 Å². The van der Waals surface area contributed by atoms with E-state index in [1.807, 2.05) is 6.26 Å². The largest absolute Gasteiger partial charge is 0.478 e. The van der Waals surface area contributed by atoms with Crippen LogP contribution >= 0.6 is 11.8 Å². The second-order valence-corrected chi connectivity index (χ2v) is 4.34. The highest BCUT2D eigenvalue weighted by Crippen LogP contribution is 2.16. The van der Waals surface area contributed by atoms with Crippen molar-refractivity contribution in [2.75, 3.05) is 17.3 Å². The molecule has 1 aromatic heterocycles. The zero-order chi connectivity index (χ0) is 12.0. The zero-order valence-corrected chi connectivity index (χ0v) is 10.3. The summed E-state index contributed by atoms with van der Waals surface area (Å²) in [6.45, 7) is 2.08. The van der Waals surface area contributed by atoms with Gasteiger partial charge in [0.25, 0.3) is 0 Å². The number of carbonyl (C=O) groups is 1. The van der Waals surface area contributed by atoms with Gasteiger partial charge in [-0.25, -0.2) is 4.79 Å². The Balaban J connectivity index is 2.82. The summed E-state index contributed by atoms with van der Waals surface area (Å²) in [5.74, 6) is 0.00679. The van der Waals surface area contributed by atoms with Crippen molar-refractivity contribution in [3.8, 4) is 0 Å². The van der Waals surface area contributed by atoms with Gasteiger partial charge in [-0.05, 0) is 18.7 Å². The van der Waals surface area contributed by atoms with Gasteiger partial charge in [0, 0.05) is 24.2 Å². The maximum Gasteiger partial charge on any atom is 0.339 e. The minimum Gasteiger partial charge on any atom is -0.478 e. The molecule has 0 radical (unpaired) electrons. The first-order valence-electron chi connectivity index (χ1n) is 5.11. The van der Waals surface area contributed by atoms with E-state index in [0.717, 1.165) is 12.2 Å². The lowest BCUT2D eigenvalue weighted by atomic mass is 10.2. The van der Waals surface area contributed by atoms with Crippen LogP contribution in [0.1, 0.15) is 23.7 Å². The third kappa shape index (κ3) is 3.41. The van der Waals surface area contributed by atoms with E-state index in [9.17, 15) is 4.79 Å². The number of aromatic carboxylic acids is 1. The molecule has 0 aliphatic heterocycles. The maximum absolute atomic E-state index is 11.0.